The molecule has 0 aliphatic carbocycles. The Morgan fingerprint density at radius 2 is 1.79 bits per heavy atom. The highest BCUT2D eigenvalue weighted by Gasteiger charge is 2.25. The van der Waals surface area contributed by atoms with Crippen LogP contribution in [-0.2, 0) is 0 Å². The summed E-state index contributed by atoms with van der Waals surface area (Å²) in [7, 11) is 2.16. The van der Waals surface area contributed by atoms with Crippen molar-refractivity contribution >= 4 is 28.2 Å². The minimum absolute atomic E-state index is 0.270. The molecule has 2 aromatic heterocycles. The Hall–Kier alpha value is -2.67. The van der Waals surface area contributed by atoms with Gasteiger partial charge < -0.3 is 10.2 Å². The Morgan fingerprint density at radius 1 is 1.00 bits per heavy atom. The van der Waals surface area contributed by atoms with E-state index in [0.29, 0.717) is 0 Å². The molecular formula is C21H27N7. The lowest BCUT2D eigenvalue weighted by molar-refractivity contribution is 0.180. The molecule has 146 valence electrons. The monoisotopic (exact) mass is 377 g/mol. The van der Waals surface area contributed by atoms with E-state index >= 15 is 0 Å². The van der Waals surface area contributed by atoms with Gasteiger partial charge in [-0.3, -0.25) is 10.00 Å². The summed E-state index contributed by atoms with van der Waals surface area (Å²) in [5, 5.41) is 10.7. The van der Waals surface area contributed by atoms with E-state index in [1.54, 1.807) is 6.20 Å². The van der Waals surface area contributed by atoms with Gasteiger partial charge in [-0.2, -0.15) is 5.10 Å². The van der Waals surface area contributed by atoms with Crippen LogP contribution in [-0.4, -0.2) is 51.7 Å². The first-order valence-electron chi connectivity index (χ1n) is 10.3. The van der Waals surface area contributed by atoms with Gasteiger partial charge in [0.05, 0.1) is 12.2 Å². The summed E-state index contributed by atoms with van der Waals surface area (Å²) < 4.78 is 0. The number of likely N-dealkylation sites (tertiary alicyclic amines) is 1. The first-order valence-corrected chi connectivity index (χ1v) is 10.3. The van der Waals surface area contributed by atoms with Crippen LogP contribution in [0.4, 0.5) is 17.2 Å². The van der Waals surface area contributed by atoms with Gasteiger partial charge in [0.1, 0.15) is 16.9 Å². The molecule has 0 amide bonds. The first kappa shape index (κ1) is 17.4. The Bertz CT molecular complexity index is 943. The molecule has 1 unspecified atom stereocenters. The van der Waals surface area contributed by atoms with E-state index in [9.17, 15) is 0 Å². The lowest BCUT2D eigenvalue weighted by Crippen LogP contribution is -2.31. The molecule has 2 saturated heterocycles. The van der Waals surface area contributed by atoms with Crippen molar-refractivity contribution < 1.29 is 0 Å². The van der Waals surface area contributed by atoms with Crippen LogP contribution >= 0.6 is 0 Å². The third kappa shape index (κ3) is 3.30. The minimum Gasteiger partial charge on any atom is -0.372 e. The topological polar surface area (TPSA) is 73.0 Å². The maximum atomic E-state index is 4.90. The van der Waals surface area contributed by atoms with Gasteiger partial charge in [-0.15, -0.1) is 0 Å². The SMILES string of the molecule is CN1CCCCC1c1nc(Nc2ccc(N3CCCC3)cc2)c2[nH]ncc2n1. The van der Waals surface area contributed by atoms with Crippen LogP contribution in [0.1, 0.15) is 44.0 Å². The highest BCUT2D eigenvalue weighted by Crippen LogP contribution is 2.31. The van der Waals surface area contributed by atoms with Crippen molar-refractivity contribution in [1.29, 1.82) is 0 Å². The van der Waals surface area contributed by atoms with Crippen molar-refractivity contribution in [2.75, 3.05) is 36.9 Å². The molecule has 5 rings (SSSR count). The highest BCUT2D eigenvalue weighted by molar-refractivity contribution is 5.86. The molecule has 2 fully saturated rings. The number of benzene rings is 1. The molecule has 4 heterocycles. The number of nitrogens with zero attached hydrogens (tertiary/aromatic N) is 5. The van der Waals surface area contributed by atoms with Gasteiger partial charge in [0, 0.05) is 24.5 Å². The van der Waals surface area contributed by atoms with Crippen LogP contribution < -0.4 is 10.2 Å². The molecular weight excluding hydrogens is 350 g/mol. The van der Waals surface area contributed by atoms with E-state index in [0.717, 1.165) is 54.4 Å². The standard InChI is InChI=1S/C21H27N7/c1-27-11-3-2-6-18(27)20-24-17-14-22-26-19(17)21(25-20)23-15-7-9-16(10-8-15)28-12-4-5-13-28/h7-10,14,18H,2-6,11-13H2,1H3,(H,22,26)(H,23,24,25). The van der Waals surface area contributed by atoms with E-state index in [1.165, 1.54) is 31.4 Å². The van der Waals surface area contributed by atoms with Gasteiger partial charge in [0.15, 0.2) is 5.82 Å². The average Bonchev–Trinajstić information content (AvgIpc) is 3.41. The van der Waals surface area contributed by atoms with E-state index < -0.39 is 0 Å². The van der Waals surface area contributed by atoms with Crippen LogP contribution in [0.5, 0.6) is 0 Å². The smallest absolute Gasteiger partial charge is 0.160 e. The van der Waals surface area contributed by atoms with Crippen LogP contribution in [0, 0.1) is 0 Å². The second-order valence-electron chi connectivity index (χ2n) is 7.92. The van der Waals surface area contributed by atoms with Crippen LogP contribution in [0.3, 0.4) is 0 Å². The summed E-state index contributed by atoms with van der Waals surface area (Å²) in [6.45, 7) is 3.41. The molecule has 0 radical (unpaired) electrons. The number of anilines is 3. The van der Waals surface area contributed by atoms with Crippen molar-refractivity contribution in [1.82, 2.24) is 25.1 Å². The van der Waals surface area contributed by atoms with E-state index in [1.807, 2.05) is 0 Å². The number of hydrogen-bond donors (Lipinski definition) is 2. The van der Waals surface area contributed by atoms with Crippen molar-refractivity contribution in [3.05, 3.63) is 36.3 Å². The lowest BCUT2D eigenvalue weighted by atomic mass is 10.0. The number of aromatic nitrogens is 4. The predicted octanol–water partition coefficient (Wildman–Crippen LogP) is 3.85. The van der Waals surface area contributed by atoms with Gasteiger partial charge in [0.25, 0.3) is 0 Å². The van der Waals surface area contributed by atoms with E-state index in [4.69, 9.17) is 9.97 Å². The normalized spacial score (nSPS) is 20.8. The zero-order valence-corrected chi connectivity index (χ0v) is 16.4. The third-order valence-electron chi connectivity index (χ3n) is 5.99. The van der Waals surface area contributed by atoms with Crippen molar-refractivity contribution in [3.8, 4) is 0 Å². The summed E-state index contributed by atoms with van der Waals surface area (Å²) in [6, 6.07) is 8.91. The lowest BCUT2D eigenvalue weighted by Gasteiger charge is -2.31. The van der Waals surface area contributed by atoms with Crippen LogP contribution in [0.25, 0.3) is 11.0 Å². The fourth-order valence-electron chi connectivity index (χ4n) is 4.37. The predicted molar refractivity (Wildman–Crippen MR) is 112 cm³/mol. The van der Waals surface area contributed by atoms with E-state index in [-0.39, 0.29) is 6.04 Å². The summed E-state index contributed by atoms with van der Waals surface area (Å²) in [6.07, 6.45) is 7.93. The molecule has 7 nitrogen and oxygen atoms in total. The fourth-order valence-corrected chi connectivity index (χ4v) is 4.37. The second kappa shape index (κ2) is 7.39. The molecule has 2 aliphatic heterocycles. The van der Waals surface area contributed by atoms with Crippen molar-refractivity contribution in [2.45, 2.75) is 38.1 Å². The zero-order chi connectivity index (χ0) is 18.9. The van der Waals surface area contributed by atoms with Crippen LogP contribution in [0.2, 0.25) is 0 Å². The second-order valence-corrected chi connectivity index (χ2v) is 7.92. The molecule has 0 spiro atoms. The van der Waals surface area contributed by atoms with Gasteiger partial charge in [-0.1, -0.05) is 6.42 Å². The minimum atomic E-state index is 0.270. The maximum Gasteiger partial charge on any atom is 0.160 e. The number of hydrogen-bond acceptors (Lipinski definition) is 6. The number of nitrogens with one attached hydrogen (secondary N) is 2. The maximum absolute atomic E-state index is 4.90. The summed E-state index contributed by atoms with van der Waals surface area (Å²) in [4.78, 5) is 14.5. The van der Waals surface area contributed by atoms with Gasteiger partial charge in [0.2, 0.25) is 0 Å². The quantitative estimate of drug-likeness (QED) is 0.719. The Labute approximate surface area is 165 Å². The number of H-pyrrole nitrogens is 1. The molecule has 1 aromatic carbocycles. The molecule has 28 heavy (non-hydrogen) atoms. The molecule has 0 saturated carbocycles. The van der Waals surface area contributed by atoms with E-state index in [2.05, 4.69) is 56.6 Å². The third-order valence-corrected chi connectivity index (χ3v) is 5.99. The molecule has 2 aliphatic rings. The fraction of sp³-hybridized carbons (Fsp3) is 0.476. The molecule has 0 bridgehead atoms. The number of fused-ring (bicyclic) bond motifs is 1. The molecule has 3 aromatic rings. The summed E-state index contributed by atoms with van der Waals surface area (Å²) >= 11 is 0. The molecule has 1 atom stereocenters. The van der Waals surface area contributed by atoms with Crippen molar-refractivity contribution in [3.63, 3.8) is 0 Å². The van der Waals surface area contributed by atoms with Crippen LogP contribution in [0.15, 0.2) is 30.5 Å². The summed E-state index contributed by atoms with van der Waals surface area (Å²) in [5.41, 5.74) is 4.04. The zero-order valence-electron chi connectivity index (χ0n) is 16.4. The first-order chi connectivity index (χ1) is 13.8. The molecule has 7 heteroatoms. The Kier molecular flexibility index (Phi) is 4.60. The highest BCUT2D eigenvalue weighted by atomic mass is 15.2. The summed E-state index contributed by atoms with van der Waals surface area (Å²) in [5.74, 6) is 1.68. The average molecular weight is 377 g/mol. The van der Waals surface area contributed by atoms with Gasteiger partial charge >= 0.3 is 0 Å². The Balaban J connectivity index is 1.43. The number of aromatic amines is 1. The number of piperidine rings is 1. The number of rotatable bonds is 4. The largest absolute Gasteiger partial charge is 0.372 e. The van der Waals surface area contributed by atoms with Gasteiger partial charge in [-0.05, 0) is 63.5 Å². The van der Waals surface area contributed by atoms with Crippen molar-refractivity contribution in [2.24, 2.45) is 0 Å². The Morgan fingerprint density at radius 3 is 2.57 bits per heavy atom. The molecule has 2 N–H and O–H groups in total. The van der Waals surface area contributed by atoms with Gasteiger partial charge in [-0.25, -0.2) is 9.97 Å².